The second kappa shape index (κ2) is 43.5. The molecule has 6 nitrogen and oxygen atoms in total. The quantitative estimate of drug-likeness (QED) is 0.0273. The molecule has 0 aliphatic heterocycles. The van der Waals surface area contributed by atoms with E-state index in [4.69, 9.17) is 24.0 Å². The maximum Gasteiger partial charge on any atom is 0.305 e. The molecule has 0 heterocycles. The Bertz CT molecular complexity index is 615. The molecular formula is C43H86O6. The molecule has 294 valence electrons. The van der Waals surface area contributed by atoms with Gasteiger partial charge in [-0.3, -0.25) is 4.79 Å². The van der Waals surface area contributed by atoms with Crippen molar-refractivity contribution >= 4 is 5.97 Å². The van der Waals surface area contributed by atoms with Gasteiger partial charge in [-0.25, -0.2) is 9.78 Å². The van der Waals surface area contributed by atoms with Crippen molar-refractivity contribution in [2.24, 2.45) is 0 Å². The summed E-state index contributed by atoms with van der Waals surface area (Å²) in [6.45, 7) is 9.25. The van der Waals surface area contributed by atoms with Crippen molar-refractivity contribution in [1.29, 1.82) is 0 Å². The van der Waals surface area contributed by atoms with Gasteiger partial charge in [0.25, 0.3) is 0 Å². The highest BCUT2D eigenvalue weighted by atomic mass is 17.2. The molecule has 6 heteroatoms. The molecule has 0 amide bonds. The van der Waals surface area contributed by atoms with Gasteiger partial charge in [-0.05, 0) is 19.8 Å². The molecule has 0 aromatic rings. The summed E-state index contributed by atoms with van der Waals surface area (Å²) in [6.07, 6.45) is 42.2. The van der Waals surface area contributed by atoms with Crippen LogP contribution in [0.2, 0.25) is 0 Å². The third-order valence-electron chi connectivity index (χ3n) is 9.56. The molecule has 0 aromatic carbocycles. The lowest BCUT2D eigenvalue weighted by Crippen LogP contribution is -2.21. The summed E-state index contributed by atoms with van der Waals surface area (Å²) in [5, 5.41) is 0. The van der Waals surface area contributed by atoms with Gasteiger partial charge >= 0.3 is 5.97 Å². The summed E-state index contributed by atoms with van der Waals surface area (Å²) < 4.78 is 16.6. The maximum absolute atomic E-state index is 12.0. The van der Waals surface area contributed by atoms with Crippen LogP contribution in [0.3, 0.4) is 0 Å². The van der Waals surface area contributed by atoms with E-state index in [1.807, 2.05) is 6.92 Å². The first-order valence-corrected chi connectivity index (χ1v) is 21.8. The third-order valence-corrected chi connectivity index (χ3v) is 9.56. The SMILES string of the molecule is CCCCCCCCCCCCCCCCCCOOCCOCC(C)OCCOC(=O)CCCCCCCCCCCCCCCCC. The third kappa shape index (κ3) is 43.4. The Balaban J connectivity index is 3.23. The highest BCUT2D eigenvalue weighted by molar-refractivity contribution is 5.69. The van der Waals surface area contributed by atoms with E-state index in [0.29, 0.717) is 46.1 Å². The summed E-state index contributed by atoms with van der Waals surface area (Å²) >= 11 is 0. The van der Waals surface area contributed by atoms with Gasteiger partial charge in [-0.2, -0.15) is 0 Å². The Kier molecular flexibility index (Phi) is 42.9. The van der Waals surface area contributed by atoms with Gasteiger partial charge in [0.05, 0.1) is 32.5 Å². The average molecular weight is 699 g/mol. The first kappa shape index (κ1) is 48.3. The predicted molar refractivity (Wildman–Crippen MR) is 208 cm³/mol. The van der Waals surface area contributed by atoms with Crippen molar-refractivity contribution in [3.63, 3.8) is 0 Å². The molecule has 0 saturated heterocycles. The van der Waals surface area contributed by atoms with Crippen molar-refractivity contribution in [1.82, 2.24) is 0 Å². The number of rotatable bonds is 43. The standard InChI is InChI=1S/C43H86O6/c1-4-6-8-10-12-14-16-18-20-22-24-26-28-30-32-34-36-48-49-40-37-45-41-42(3)46-38-39-47-43(44)35-33-31-29-27-25-23-21-19-17-15-13-11-9-7-5-2/h42H,4-41H2,1-3H3. The van der Waals surface area contributed by atoms with E-state index >= 15 is 0 Å². The Morgan fingerprint density at radius 1 is 0.408 bits per heavy atom. The van der Waals surface area contributed by atoms with Crippen molar-refractivity contribution in [2.75, 3.05) is 39.6 Å². The minimum absolute atomic E-state index is 0.0553. The molecule has 1 atom stereocenters. The van der Waals surface area contributed by atoms with E-state index in [2.05, 4.69) is 13.8 Å². The van der Waals surface area contributed by atoms with Gasteiger partial charge in [0.15, 0.2) is 0 Å². The van der Waals surface area contributed by atoms with E-state index < -0.39 is 0 Å². The van der Waals surface area contributed by atoms with Crippen LogP contribution in [0, 0.1) is 0 Å². The van der Waals surface area contributed by atoms with Gasteiger partial charge in [0.1, 0.15) is 13.2 Å². The van der Waals surface area contributed by atoms with Crippen LogP contribution in [-0.2, 0) is 28.8 Å². The molecule has 0 radical (unpaired) electrons. The van der Waals surface area contributed by atoms with Crippen LogP contribution in [-0.4, -0.2) is 51.7 Å². The number of carbonyl (C=O) groups is 1. The Morgan fingerprint density at radius 3 is 1.20 bits per heavy atom. The van der Waals surface area contributed by atoms with Crippen LogP contribution >= 0.6 is 0 Å². The fraction of sp³-hybridized carbons (Fsp3) is 0.977. The molecule has 0 rings (SSSR count). The smallest absolute Gasteiger partial charge is 0.305 e. The molecule has 0 aromatic heterocycles. The molecule has 0 aliphatic rings. The Hall–Kier alpha value is -0.690. The Morgan fingerprint density at radius 2 is 0.776 bits per heavy atom. The van der Waals surface area contributed by atoms with Crippen LogP contribution in [0.25, 0.3) is 0 Å². The fourth-order valence-corrected chi connectivity index (χ4v) is 6.33. The molecule has 49 heavy (non-hydrogen) atoms. The van der Waals surface area contributed by atoms with Crippen molar-refractivity contribution in [3.8, 4) is 0 Å². The van der Waals surface area contributed by atoms with Crippen LogP contribution in [0.5, 0.6) is 0 Å². The van der Waals surface area contributed by atoms with Crippen LogP contribution in [0.15, 0.2) is 0 Å². The van der Waals surface area contributed by atoms with Crippen molar-refractivity contribution in [3.05, 3.63) is 0 Å². The molecule has 0 saturated carbocycles. The number of esters is 1. The molecule has 0 fully saturated rings. The van der Waals surface area contributed by atoms with Gasteiger partial charge in [0.2, 0.25) is 0 Å². The largest absolute Gasteiger partial charge is 0.463 e. The zero-order chi connectivity index (χ0) is 35.6. The molecule has 0 spiro atoms. The highest BCUT2D eigenvalue weighted by Gasteiger charge is 2.06. The first-order valence-electron chi connectivity index (χ1n) is 21.8. The molecule has 0 N–H and O–H groups in total. The molecule has 1 unspecified atom stereocenters. The monoisotopic (exact) mass is 699 g/mol. The van der Waals surface area contributed by atoms with Gasteiger partial charge in [0, 0.05) is 6.42 Å². The Labute approximate surface area is 306 Å². The molecular weight excluding hydrogens is 612 g/mol. The number of hydrogen-bond donors (Lipinski definition) is 0. The summed E-state index contributed by atoms with van der Waals surface area (Å²) in [4.78, 5) is 22.5. The van der Waals surface area contributed by atoms with Crippen molar-refractivity contribution < 1.29 is 28.8 Å². The second-order valence-corrected chi connectivity index (χ2v) is 14.6. The topological polar surface area (TPSA) is 63.2 Å². The van der Waals surface area contributed by atoms with E-state index in [-0.39, 0.29) is 12.1 Å². The summed E-state index contributed by atoms with van der Waals surface area (Å²) in [7, 11) is 0. The first-order chi connectivity index (χ1) is 24.2. The normalized spacial score (nSPS) is 12.1. The van der Waals surface area contributed by atoms with Crippen LogP contribution < -0.4 is 0 Å². The van der Waals surface area contributed by atoms with Crippen LogP contribution in [0.4, 0.5) is 0 Å². The van der Waals surface area contributed by atoms with E-state index in [0.717, 1.165) is 19.3 Å². The number of ether oxygens (including phenoxy) is 3. The lowest BCUT2D eigenvalue weighted by Gasteiger charge is -2.13. The van der Waals surface area contributed by atoms with Crippen LogP contribution in [0.1, 0.15) is 226 Å². The highest BCUT2D eigenvalue weighted by Crippen LogP contribution is 2.15. The lowest BCUT2D eigenvalue weighted by atomic mass is 10.0. The zero-order valence-electron chi connectivity index (χ0n) is 33.4. The van der Waals surface area contributed by atoms with Gasteiger partial charge in [-0.1, -0.05) is 200 Å². The fourth-order valence-electron chi connectivity index (χ4n) is 6.33. The zero-order valence-corrected chi connectivity index (χ0v) is 33.4. The summed E-state index contributed by atoms with van der Waals surface area (Å²) in [5.41, 5.74) is 0. The number of hydrogen-bond acceptors (Lipinski definition) is 6. The van der Waals surface area contributed by atoms with E-state index in [9.17, 15) is 4.79 Å². The second-order valence-electron chi connectivity index (χ2n) is 14.6. The van der Waals surface area contributed by atoms with E-state index in [1.54, 1.807) is 0 Å². The lowest BCUT2D eigenvalue weighted by molar-refractivity contribution is -0.299. The predicted octanol–water partition coefficient (Wildman–Crippen LogP) is 13.4. The maximum atomic E-state index is 12.0. The van der Waals surface area contributed by atoms with Crippen molar-refractivity contribution in [2.45, 2.75) is 232 Å². The van der Waals surface area contributed by atoms with Gasteiger partial charge < -0.3 is 14.2 Å². The minimum atomic E-state index is -0.112. The van der Waals surface area contributed by atoms with Gasteiger partial charge in [-0.15, -0.1) is 0 Å². The summed E-state index contributed by atoms with van der Waals surface area (Å²) in [6, 6.07) is 0. The summed E-state index contributed by atoms with van der Waals surface area (Å²) in [5.74, 6) is -0.112. The van der Waals surface area contributed by atoms with E-state index in [1.165, 1.54) is 180 Å². The molecule has 0 bridgehead atoms. The minimum Gasteiger partial charge on any atom is -0.463 e. The average Bonchev–Trinajstić information content (AvgIpc) is 3.10. The molecule has 0 aliphatic carbocycles. The number of unbranched alkanes of at least 4 members (excludes halogenated alkanes) is 29. The number of carbonyl (C=O) groups excluding carboxylic acids is 1.